The molecular formula is C25H32N2O4. The maximum atomic E-state index is 13.1. The number of hydrogen-bond acceptors (Lipinski definition) is 4. The van der Waals surface area contributed by atoms with E-state index in [-0.39, 0.29) is 11.5 Å². The van der Waals surface area contributed by atoms with Gasteiger partial charge in [0.15, 0.2) is 0 Å². The standard InChI is InChI=1S/C25H32N2O4/c1-2-3-4-5-6-19-11-12-21(24(28)27-13-15-31-16-14-27)23(26)22(19)17-18-7-9-20(10-8-18)25(29)30/h7-12H,2-6,13-17,26H2,1H3,(H,29,30). The van der Waals surface area contributed by atoms with E-state index < -0.39 is 5.97 Å². The van der Waals surface area contributed by atoms with Gasteiger partial charge < -0.3 is 20.5 Å². The van der Waals surface area contributed by atoms with Gasteiger partial charge in [-0.25, -0.2) is 4.79 Å². The molecule has 0 atom stereocenters. The van der Waals surface area contributed by atoms with Crippen LogP contribution in [0.5, 0.6) is 0 Å². The molecule has 0 spiro atoms. The van der Waals surface area contributed by atoms with Crippen molar-refractivity contribution in [3.05, 3.63) is 64.2 Å². The van der Waals surface area contributed by atoms with E-state index in [9.17, 15) is 9.59 Å². The molecule has 1 amide bonds. The third kappa shape index (κ3) is 5.85. The number of carboxylic acids is 1. The highest BCUT2D eigenvalue weighted by molar-refractivity contribution is 6.00. The molecule has 6 nitrogen and oxygen atoms in total. The monoisotopic (exact) mass is 424 g/mol. The van der Waals surface area contributed by atoms with Crippen LogP contribution in [0.2, 0.25) is 0 Å². The number of amides is 1. The van der Waals surface area contributed by atoms with Crippen molar-refractivity contribution in [2.75, 3.05) is 32.0 Å². The number of carboxylic acid groups (broad SMARTS) is 1. The first-order chi connectivity index (χ1) is 15.0. The van der Waals surface area contributed by atoms with Gasteiger partial charge in [-0.1, -0.05) is 44.4 Å². The first-order valence-electron chi connectivity index (χ1n) is 11.1. The van der Waals surface area contributed by atoms with Crippen LogP contribution in [0.1, 0.15) is 70.0 Å². The Morgan fingerprint density at radius 3 is 2.39 bits per heavy atom. The minimum Gasteiger partial charge on any atom is -0.478 e. The lowest BCUT2D eigenvalue weighted by molar-refractivity contribution is 0.0303. The highest BCUT2D eigenvalue weighted by Crippen LogP contribution is 2.28. The zero-order chi connectivity index (χ0) is 22.2. The Kier molecular flexibility index (Phi) is 8.06. The third-order valence-electron chi connectivity index (χ3n) is 5.86. The molecule has 3 rings (SSSR count). The molecule has 3 N–H and O–H groups in total. The molecule has 166 valence electrons. The third-order valence-corrected chi connectivity index (χ3v) is 5.86. The molecule has 1 heterocycles. The largest absolute Gasteiger partial charge is 0.478 e. The average Bonchev–Trinajstić information content (AvgIpc) is 2.79. The quantitative estimate of drug-likeness (QED) is 0.466. The summed E-state index contributed by atoms with van der Waals surface area (Å²) in [5, 5.41) is 9.14. The SMILES string of the molecule is CCCCCCc1ccc(C(=O)N2CCOCC2)c(N)c1Cc1ccc(C(=O)O)cc1. The Morgan fingerprint density at radius 1 is 1.03 bits per heavy atom. The van der Waals surface area contributed by atoms with Crippen molar-refractivity contribution in [3.63, 3.8) is 0 Å². The van der Waals surface area contributed by atoms with E-state index in [4.69, 9.17) is 15.6 Å². The smallest absolute Gasteiger partial charge is 0.335 e. The molecule has 0 aromatic heterocycles. The second-order valence-electron chi connectivity index (χ2n) is 8.06. The summed E-state index contributed by atoms with van der Waals surface area (Å²) in [6, 6.07) is 10.8. The Morgan fingerprint density at radius 2 is 1.74 bits per heavy atom. The van der Waals surface area contributed by atoms with Crippen LogP contribution in [0.25, 0.3) is 0 Å². The number of unbranched alkanes of at least 4 members (excludes halogenated alkanes) is 3. The van der Waals surface area contributed by atoms with E-state index in [1.807, 2.05) is 24.3 Å². The van der Waals surface area contributed by atoms with Gasteiger partial charge in [-0.05, 0) is 54.2 Å². The normalized spacial score (nSPS) is 13.9. The number of carbonyl (C=O) groups is 2. The molecule has 0 bridgehead atoms. The molecule has 2 aromatic carbocycles. The second kappa shape index (κ2) is 11.0. The molecule has 6 heteroatoms. The molecule has 1 fully saturated rings. The number of aromatic carboxylic acids is 1. The Hall–Kier alpha value is -2.86. The predicted octanol–water partition coefficient (Wildman–Crippen LogP) is 4.15. The van der Waals surface area contributed by atoms with Crippen LogP contribution >= 0.6 is 0 Å². The van der Waals surface area contributed by atoms with Gasteiger partial charge in [-0.2, -0.15) is 0 Å². The van der Waals surface area contributed by atoms with E-state index in [0.29, 0.717) is 44.0 Å². The van der Waals surface area contributed by atoms with E-state index in [1.165, 1.54) is 12.8 Å². The van der Waals surface area contributed by atoms with Gasteiger partial charge >= 0.3 is 5.97 Å². The molecule has 0 saturated carbocycles. The minimum atomic E-state index is -0.944. The fraction of sp³-hybridized carbons (Fsp3) is 0.440. The van der Waals surface area contributed by atoms with Crippen LogP contribution in [0.4, 0.5) is 5.69 Å². The Balaban J connectivity index is 1.89. The number of morpholine rings is 1. The highest BCUT2D eigenvalue weighted by Gasteiger charge is 2.23. The van der Waals surface area contributed by atoms with Crippen molar-refractivity contribution >= 4 is 17.6 Å². The number of nitrogens with two attached hydrogens (primary N) is 1. The average molecular weight is 425 g/mol. The molecule has 1 saturated heterocycles. The molecule has 1 aliphatic heterocycles. The van der Waals surface area contributed by atoms with Gasteiger partial charge in [0, 0.05) is 18.8 Å². The first kappa shape index (κ1) is 22.8. The summed E-state index contributed by atoms with van der Waals surface area (Å²) >= 11 is 0. The number of anilines is 1. The highest BCUT2D eigenvalue weighted by atomic mass is 16.5. The van der Waals surface area contributed by atoms with Crippen molar-refractivity contribution in [3.8, 4) is 0 Å². The van der Waals surface area contributed by atoms with Crippen molar-refractivity contribution < 1.29 is 19.4 Å². The van der Waals surface area contributed by atoms with Gasteiger partial charge in [0.25, 0.3) is 5.91 Å². The Bertz CT molecular complexity index is 902. The van der Waals surface area contributed by atoms with Crippen molar-refractivity contribution in [2.24, 2.45) is 0 Å². The molecule has 0 aliphatic carbocycles. The lowest BCUT2D eigenvalue weighted by Gasteiger charge is -2.28. The molecule has 0 radical (unpaired) electrons. The maximum Gasteiger partial charge on any atom is 0.335 e. The molecular weight excluding hydrogens is 392 g/mol. The summed E-state index contributed by atoms with van der Waals surface area (Å²) in [5.41, 5.74) is 11.0. The first-order valence-corrected chi connectivity index (χ1v) is 11.1. The van der Waals surface area contributed by atoms with E-state index in [0.717, 1.165) is 36.0 Å². The number of carbonyl (C=O) groups excluding carboxylic acids is 1. The van der Waals surface area contributed by atoms with E-state index >= 15 is 0 Å². The number of aryl methyl sites for hydroxylation is 1. The molecule has 0 unspecified atom stereocenters. The minimum absolute atomic E-state index is 0.0548. The number of ether oxygens (including phenoxy) is 1. The van der Waals surface area contributed by atoms with Gasteiger partial charge in [-0.3, -0.25) is 4.79 Å². The maximum absolute atomic E-state index is 13.1. The summed E-state index contributed by atoms with van der Waals surface area (Å²) < 4.78 is 5.36. The van der Waals surface area contributed by atoms with Crippen molar-refractivity contribution in [2.45, 2.75) is 45.4 Å². The zero-order valence-corrected chi connectivity index (χ0v) is 18.2. The van der Waals surface area contributed by atoms with Crippen LogP contribution in [-0.4, -0.2) is 48.2 Å². The van der Waals surface area contributed by atoms with Crippen LogP contribution in [0.15, 0.2) is 36.4 Å². The fourth-order valence-corrected chi connectivity index (χ4v) is 3.99. The summed E-state index contributed by atoms with van der Waals surface area (Å²) in [6.07, 6.45) is 6.11. The molecule has 31 heavy (non-hydrogen) atoms. The molecule has 2 aromatic rings. The zero-order valence-electron chi connectivity index (χ0n) is 18.2. The summed E-state index contributed by atoms with van der Waals surface area (Å²) in [6.45, 7) is 4.43. The van der Waals surface area contributed by atoms with Crippen molar-refractivity contribution in [1.29, 1.82) is 0 Å². The topological polar surface area (TPSA) is 92.9 Å². The second-order valence-corrected chi connectivity index (χ2v) is 8.06. The summed E-state index contributed by atoms with van der Waals surface area (Å²) in [4.78, 5) is 26.0. The fourth-order valence-electron chi connectivity index (χ4n) is 3.99. The van der Waals surface area contributed by atoms with Crippen LogP contribution in [0, 0.1) is 0 Å². The number of hydrogen-bond donors (Lipinski definition) is 2. The number of benzene rings is 2. The van der Waals surface area contributed by atoms with Crippen LogP contribution in [0.3, 0.4) is 0 Å². The van der Waals surface area contributed by atoms with Gasteiger partial charge in [0.1, 0.15) is 0 Å². The lowest BCUT2D eigenvalue weighted by atomic mass is 9.91. The van der Waals surface area contributed by atoms with Crippen LogP contribution < -0.4 is 5.73 Å². The van der Waals surface area contributed by atoms with Gasteiger partial charge in [0.2, 0.25) is 0 Å². The lowest BCUT2D eigenvalue weighted by Crippen LogP contribution is -2.41. The Labute approximate surface area is 184 Å². The molecule has 1 aliphatic rings. The summed E-state index contributed by atoms with van der Waals surface area (Å²) in [5.74, 6) is -0.999. The van der Waals surface area contributed by atoms with Gasteiger partial charge in [-0.15, -0.1) is 0 Å². The van der Waals surface area contributed by atoms with Crippen molar-refractivity contribution in [1.82, 2.24) is 4.90 Å². The van der Waals surface area contributed by atoms with E-state index in [2.05, 4.69) is 6.92 Å². The number of rotatable bonds is 9. The number of nitrogens with zero attached hydrogens (tertiary/aromatic N) is 1. The summed E-state index contributed by atoms with van der Waals surface area (Å²) in [7, 11) is 0. The van der Waals surface area contributed by atoms with Gasteiger partial charge in [0.05, 0.1) is 24.3 Å². The predicted molar refractivity (Wildman–Crippen MR) is 122 cm³/mol. The number of nitrogen functional groups attached to an aromatic ring is 1. The van der Waals surface area contributed by atoms with Crippen LogP contribution in [-0.2, 0) is 17.6 Å². The van der Waals surface area contributed by atoms with E-state index in [1.54, 1.807) is 17.0 Å².